The number of fused-ring (bicyclic) bond motifs is 1. The smallest absolute Gasteiger partial charge is 0.317 e. The van der Waals surface area contributed by atoms with Gasteiger partial charge in [-0.3, -0.25) is 0 Å². The highest BCUT2D eigenvalue weighted by molar-refractivity contribution is 6.31. The van der Waals surface area contributed by atoms with Gasteiger partial charge in [-0.2, -0.15) is 0 Å². The lowest BCUT2D eigenvalue weighted by Gasteiger charge is -2.35. The minimum absolute atomic E-state index is 0.0242. The summed E-state index contributed by atoms with van der Waals surface area (Å²) in [6.45, 7) is 2.26. The van der Waals surface area contributed by atoms with Gasteiger partial charge in [0.25, 0.3) is 0 Å². The van der Waals surface area contributed by atoms with E-state index in [0.29, 0.717) is 18.7 Å². The van der Waals surface area contributed by atoms with Crippen LogP contribution in [0.25, 0.3) is 0 Å². The lowest BCUT2D eigenvalue weighted by atomic mass is 9.95. The second-order valence-corrected chi connectivity index (χ2v) is 6.06. The van der Waals surface area contributed by atoms with Crippen LogP contribution in [0.2, 0.25) is 5.02 Å². The molecule has 0 aliphatic carbocycles. The fourth-order valence-corrected chi connectivity index (χ4v) is 2.93. The third kappa shape index (κ3) is 3.29. The van der Waals surface area contributed by atoms with Crippen molar-refractivity contribution in [2.45, 2.75) is 25.9 Å². The van der Waals surface area contributed by atoms with E-state index in [0.717, 1.165) is 11.1 Å². The maximum atomic E-state index is 13.4. The molecule has 1 atom stereocenters. The molecule has 2 amide bonds. The van der Waals surface area contributed by atoms with Gasteiger partial charge in [0.15, 0.2) is 0 Å². The van der Waals surface area contributed by atoms with Crippen LogP contribution in [-0.4, -0.2) is 17.0 Å². The highest BCUT2D eigenvalue weighted by Gasteiger charge is 2.27. The summed E-state index contributed by atoms with van der Waals surface area (Å²) in [4.78, 5) is 14.1. The highest BCUT2D eigenvalue weighted by Crippen LogP contribution is 2.25. The highest BCUT2D eigenvalue weighted by atomic mass is 35.5. The van der Waals surface area contributed by atoms with E-state index in [1.807, 2.05) is 6.92 Å². The van der Waals surface area contributed by atoms with E-state index >= 15 is 0 Å². The largest absolute Gasteiger partial charge is 0.322 e. The molecule has 0 saturated heterocycles. The van der Waals surface area contributed by atoms with Crippen LogP contribution in [-0.2, 0) is 13.0 Å². The Morgan fingerprint density at radius 1 is 1.22 bits per heavy atom. The van der Waals surface area contributed by atoms with Crippen LogP contribution in [0.1, 0.15) is 18.1 Å². The van der Waals surface area contributed by atoms with Crippen molar-refractivity contribution in [2.24, 2.45) is 0 Å². The molecule has 1 N–H and O–H groups in total. The quantitative estimate of drug-likeness (QED) is 0.811. The van der Waals surface area contributed by atoms with Gasteiger partial charge in [-0.25, -0.2) is 13.6 Å². The number of urea groups is 1. The van der Waals surface area contributed by atoms with E-state index in [1.165, 1.54) is 30.3 Å². The van der Waals surface area contributed by atoms with E-state index in [1.54, 1.807) is 11.0 Å². The second kappa shape index (κ2) is 6.16. The van der Waals surface area contributed by atoms with Gasteiger partial charge < -0.3 is 10.2 Å². The molecular formula is C17H15ClF2N2O. The van der Waals surface area contributed by atoms with Gasteiger partial charge in [-0.1, -0.05) is 17.7 Å². The Morgan fingerprint density at radius 2 is 2.00 bits per heavy atom. The Bertz CT molecular complexity index is 766. The van der Waals surface area contributed by atoms with Crippen molar-refractivity contribution in [1.82, 2.24) is 4.90 Å². The maximum Gasteiger partial charge on any atom is 0.322 e. The first kappa shape index (κ1) is 15.7. The standard InChI is InChI=1S/C17H15ClF2N2O/c1-10-6-11-2-3-13(19)7-12(11)9-22(10)17(23)21-14-4-5-16(20)15(18)8-14/h2-5,7-8,10H,6,9H2,1H3,(H,21,23)/t10-/m0/s1. The average Bonchev–Trinajstić information content (AvgIpc) is 2.50. The summed E-state index contributed by atoms with van der Waals surface area (Å²) >= 11 is 5.71. The van der Waals surface area contributed by atoms with Crippen molar-refractivity contribution < 1.29 is 13.6 Å². The third-order valence-corrected chi connectivity index (χ3v) is 4.28. The van der Waals surface area contributed by atoms with Crippen LogP contribution in [0.3, 0.4) is 0 Å². The van der Waals surface area contributed by atoms with Crippen LogP contribution in [0, 0.1) is 11.6 Å². The molecule has 0 unspecified atom stereocenters. The number of carbonyl (C=O) groups excluding carboxylic acids is 1. The Balaban J connectivity index is 1.78. The van der Waals surface area contributed by atoms with Gasteiger partial charge in [-0.05, 0) is 54.8 Å². The number of nitrogens with one attached hydrogen (secondary N) is 1. The van der Waals surface area contributed by atoms with Gasteiger partial charge in [-0.15, -0.1) is 0 Å². The Kier molecular flexibility index (Phi) is 4.22. The summed E-state index contributed by atoms with van der Waals surface area (Å²) in [6.07, 6.45) is 0.660. The van der Waals surface area contributed by atoms with Crippen molar-refractivity contribution in [1.29, 1.82) is 0 Å². The molecular weight excluding hydrogens is 322 g/mol. The van der Waals surface area contributed by atoms with E-state index < -0.39 is 5.82 Å². The molecule has 3 nitrogen and oxygen atoms in total. The maximum absolute atomic E-state index is 13.4. The first-order chi connectivity index (χ1) is 10.9. The number of carbonyl (C=O) groups is 1. The molecule has 0 spiro atoms. The molecule has 120 valence electrons. The van der Waals surface area contributed by atoms with Crippen LogP contribution < -0.4 is 5.32 Å². The number of benzene rings is 2. The molecule has 6 heteroatoms. The molecule has 0 bridgehead atoms. The third-order valence-electron chi connectivity index (χ3n) is 3.99. The number of halogens is 3. The molecule has 1 heterocycles. The van der Waals surface area contributed by atoms with E-state index in [4.69, 9.17) is 11.6 Å². The SMILES string of the molecule is C[C@H]1Cc2ccc(F)cc2CN1C(=O)Nc1ccc(F)c(Cl)c1. The molecule has 0 aromatic heterocycles. The number of hydrogen-bond acceptors (Lipinski definition) is 1. The number of anilines is 1. The zero-order chi connectivity index (χ0) is 16.6. The summed E-state index contributed by atoms with van der Waals surface area (Å²) in [5.41, 5.74) is 2.27. The first-order valence-electron chi connectivity index (χ1n) is 7.24. The van der Waals surface area contributed by atoms with Gasteiger partial charge in [0.05, 0.1) is 5.02 Å². The minimum Gasteiger partial charge on any atom is -0.317 e. The fraction of sp³-hybridized carbons (Fsp3) is 0.235. The van der Waals surface area contributed by atoms with Crippen molar-refractivity contribution >= 4 is 23.3 Å². The summed E-state index contributed by atoms with van der Waals surface area (Å²) in [6, 6.07) is 8.30. The van der Waals surface area contributed by atoms with Crippen LogP contribution in [0.5, 0.6) is 0 Å². The van der Waals surface area contributed by atoms with Crippen molar-refractivity contribution in [2.75, 3.05) is 5.32 Å². The number of amides is 2. The molecule has 2 aromatic rings. The fourth-order valence-electron chi connectivity index (χ4n) is 2.75. The van der Waals surface area contributed by atoms with Crippen molar-refractivity contribution in [3.05, 3.63) is 64.2 Å². The van der Waals surface area contributed by atoms with Crippen LogP contribution >= 0.6 is 11.6 Å². The lowest BCUT2D eigenvalue weighted by Crippen LogP contribution is -2.44. The average molecular weight is 337 g/mol. The summed E-state index contributed by atoms with van der Waals surface area (Å²) < 4.78 is 26.5. The molecule has 3 rings (SSSR count). The van der Waals surface area contributed by atoms with E-state index in [9.17, 15) is 13.6 Å². The molecule has 23 heavy (non-hydrogen) atoms. The van der Waals surface area contributed by atoms with Crippen molar-refractivity contribution in [3.63, 3.8) is 0 Å². The molecule has 2 aromatic carbocycles. The predicted molar refractivity (Wildman–Crippen MR) is 85.5 cm³/mol. The molecule has 0 radical (unpaired) electrons. The zero-order valence-electron chi connectivity index (χ0n) is 12.4. The number of rotatable bonds is 1. The van der Waals surface area contributed by atoms with Gasteiger partial charge >= 0.3 is 6.03 Å². The van der Waals surface area contributed by atoms with Crippen molar-refractivity contribution in [3.8, 4) is 0 Å². The molecule has 1 aliphatic rings. The first-order valence-corrected chi connectivity index (χ1v) is 7.62. The second-order valence-electron chi connectivity index (χ2n) is 5.65. The van der Waals surface area contributed by atoms with Gasteiger partial charge in [0.2, 0.25) is 0 Å². The molecule has 0 fully saturated rings. The number of hydrogen-bond donors (Lipinski definition) is 1. The summed E-state index contributed by atoms with van der Waals surface area (Å²) in [5, 5.41) is 2.64. The zero-order valence-corrected chi connectivity index (χ0v) is 13.2. The van der Waals surface area contributed by atoms with Crippen LogP contribution in [0.4, 0.5) is 19.3 Å². The minimum atomic E-state index is -0.541. The molecule has 0 saturated carbocycles. The lowest BCUT2D eigenvalue weighted by molar-refractivity contribution is 0.182. The Labute approximate surface area is 137 Å². The summed E-state index contributed by atoms with van der Waals surface area (Å²) in [7, 11) is 0. The monoisotopic (exact) mass is 336 g/mol. The Hall–Kier alpha value is -2.14. The van der Waals surface area contributed by atoms with Gasteiger partial charge in [0, 0.05) is 18.3 Å². The normalized spacial score (nSPS) is 16.9. The van der Waals surface area contributed by atoms with E-state index in [-0.39, 0.29) is 22.9 Å². The number of nitrogens with zero attached hydrogens (tertiary/aromatic N) is 1. The van der Waals surface area contributed by atoms with Gasteiger partial charge in [0.1, 0.15) is 11.6 Å². The topological polar surface area (TPSA) is 32.3 Å². The summed E-state index contributed by atoms with van der Waals surface area (Å²) in [5.74, 6) is -0.857. The van der Waals surface area contributed by atoms with Crippen LogP contribution in [0.15, 0.2) is 36.4 Å². The predicted octanol–water partition coefficient (Wildman–Crippen LogP) is 4.60. The Morgan fingerprint density at radius 3 is 2.74 bits per heavy atom. The molecule has 1 aliphatic heterocycles. The van der Waals surface area contributed by atoms with E-state index in [2.05, 4.69) is 5.32 Å².